The standard InChI is InChI=1S/C10H15N3O2S/c1-7-5-8(2)13-10(12-7)16(14,15)9-3-4-11-6-9/h5,9,11H,3-4,6H2,1-2H3. The van der Waals surface area contributed by atoms with Gasteiger partial charge in [0.25, 0.3) is 0 Å². The summed E-state index contributed by atoms with van der Waals surface area (Å²) in [6.07, 6.45) is 0.638. The molecule has 16 heavy (non-hydrogen) atoms. The average Bonchev–Trinajstić information content (AvgIpc) is 2.69. The number of hydrogen-bond acceptors (Lipinski definition) is 5. The molecule has 0 aliphatic carbocycles. The second-order valence-electron chi connectivity index (χ2n) is 4.09. The van der Waals surface area contributed by atoms with Gasteiger partial charge < -0.3 is 5.32 Å². The van der Waals surface area contributed by atoms with Gasteiger partial charge in [-0.25, -0.2) is 18.4 Å². The molecule has 1 aliphatic heterocycles. The van der Waals surface area contributed by atoms with E-state index in [9.17, 15) is 8.42 Å². The summed E-state index contributed by atoms with van der Waals surface area (Å²) in [7, 11) is -3.37. The topological polar surface area (TPSA) is 72.0 Å². The normalized spacial score (nSPS) is 21.2. The van der Waals surface area contributed by atoms with Crippen LogP contribution in [0.2, 0.25) is 0 Å². The molecule has 1 fully saturated rings. The minimum atomic E-state index is -3.37. The van der Waals surface area contributed by atoms with E-state index in [1.807, 2.05) is 0 Å². The molecule has 88 valence electrons. The van der Waals surface area contributed by atoms with Crippen molar-refractivity contribution in [1.29, 1.82) is 0 Å². The van der Waals surface area contributed by atoms with Crippen molar-refractivity contribution in [3.05, 3.63) is 17.5 Å². The first-order valence-electron chi connectivity index (χ1n) is 5.27. The summed E-state index contributed by atoms with van der Waals surface area (Å²) in [5.74, 6) is 0. The summed E-state index contributed by atoms with van der Waals surface area (Å²) in [5, 5.41) is 2.63. The van der Waals surface area contributed by atoms with Crippen LogP contribution in [0.15, 0.2) is 11.2 Å². The molecule has 0 amide bonds. The van der Waals surface area contributed by atoms with Crippen LogP contribution in [0.3, 0.4) is 0 Å². The van der Waals surface area contributed by atoms with Crippen molar-refractivity contribution in [3.63, 3.8) is 0 Å². The molecule has 1 aromatic rings. The molecule has 5 nitrogen and oxygen atoms in total. The zero-order valence-corrected chi connectivity index (χ0v) is 10.2. The van der Waals surface area contributed by atoms with Crippen LogP contribution in [0, 0.1) is 13.8 Å². The first kappa shape index (κ1) is 11.5. The quantitative estimate of drug-likeness (QED) is 0.750. The summed E-state index contributed by atoms with van der Waals surface area (Å²) in [6, 6.07) is 1.77. The first-order chi connectivity index (χ1) is 7.50. The molecule has 6 heteroatoms. The molecule has 1 saturated heterocycles. The van der Waals surface area contributed by atoms with E-state index in [4.69, 9.17) is 0 Å². The van der Waals surface area contributed by atoms with E-state index in [-0.39, 0.29) is 10.4 Å². The third-order valence-corrected chi connectivity index (χ3v) is 4.64. The van der Waals surface area contributed by atoms with Crippen LogP contribution in [0.1, 0.15) is 17.8 Å². The zero-order valence-electron chi connectivity index (χ0n) is 9.40. The Bertz CT molecular complexity index is 473. The second-order valence-corrected chi connectivity index (χ2v) is 6.21. The Hall–Kier alpha value is -1.01. The molecule has 1 N–H and O–H groups in total. The highest BCUT2D eigenvalue weighted by molar-refractivity contribution is 7.91. The number of nitrogens with zero attached hydrogens (tertiary/aromatic N) is 2. The Balaban J connectivity index is 2.42. The van der Waals surface area contributed by atoms with Gasteiger partial charge in [0.2, 0.25) is 15.0 Å². The Labute approximate surface area is 95.2 Å². The average molecular weight is 241 g/mol. The van der Waals surface area contributed by atoms with Crippen LogP contribution < -0.4 is 5.32 Å². The van der Waals surface area contributed by atoms with Crippen LogP contribution in [0.5, 0.6) is 0 Å². The maximum Gasteiger partial charge on any atom is 0.247 e. The summed E-state index contributed by atoms with van der Waals surface area (Å²) in [4.78, 5) is 8.05. The maximum absolute atomic E-state index is 12.2. The van der Waals surface area contributed by atoms with Gasteiger partial charge in [0.05, 0.1) is 5.25 Å². The lowest BCUT2D eigenvalue weighted by atomic mass is 10.4. The predicted molar refractivity (Wildman–Crippen MR) is 60.0 cm³/mol. The lowest BCUT2D eigenvalue weighted by Crippen LogP contribution is -2.26. The predicted octanol–water partition coefficient (Wildman–Crippen LogP) is 0.229. The van der Waals surface area contributed by atoms with Crippen LogP contribution in [-0.2, 0) is 9.84 Å². The van der Waals surface area contributed by atoms with Gasteiger partial charge in [-0.2, -0.15) is 0 Å². The highest BCUT2D eigenvalue weighted by Crippen LogP contribution is 2.17. The Morgan fingerprint density at radius 3 is 2.44 bits per heavy atom. The van der Waals surface area contributed by atoms with Gasteiger partial charge in [-0.1, -0.05) is 0 Å². The fourth-order valence-corrected chi connectivity index (χ4v) is 3.47. The van der Waals surface area contributed by atoms with Gasteiger partial charge in [0, 0.05) is 17.9 Å². The summed E-state index contributed by atoms with van der Waals surface area (Å²) in [5.41, 5.74) is 1.38. The molecule has 0 bridgehead atoms. The molecule has 0 radical (unpaired) electrons. The Morgan fingerprint density at radius 1 is 1.31 bits per heavy atom. The van der Waals surface area contributed by atoms with Crippen LogP contribution >= 0.6 is 0 Å². The Morgan fingerprint density at radius 2 is 1.94 bits per heavy atom. The number of hydrogen-bond donors (Lipinski definition) is 1. The number of sulfone groups is 1. The van der Waals surface area contributed by atoms with Crippen molar-refractivity contribution in [3.8, 4) is 0 Å². The molecule has 1 aromatic heterocycles. The highest BCUT2D eigenvalue weighted by Gasteiger charge is 2.32. The molecule has 0 aromatic carbocycles. The van der Waals surface area contributed by atoms with Crippen molar-refractivity contribution in [2.24, 2.45) is 0 Å². The van der Waals surface area contributed by atoms with Gasteiger partial charge >= 0.3 is 0 Å². The van der Waals surface area contributed by atoms with Crippen LogP contribution in [0.4, 0.5) is 0 Å². The molecule has 2 heterocycles. The number of rotatable bonds is 2. The van der Waals surface area contributed by atoms with Crippen molar-refractivity contribution >= 4 is 9.84 Å². The largest absolute Gasteiger partial charge is 0.315 e. The maximum atomic E-state index is 12.2. The van der Waals surface area contributed by atoms with E-state index in [0.29, 0.717) is 24.4 Å². The van der Waals surface area contributed by atoms with Crippen LogP contribution in [-0.4, -0.2) is 36.7 Å². The summed E-state index contributed by atoms with van der Waals surface area (Å²) in [6.45, 7) is 4.80. The number of aromatic nitrogens is 2. The van der Waals surface area contributed by atoms with E-state index in [2.05, 4.69) is 15.3 Å². The fourth-order valence-electron chi connectivity index (χ4n) is 1.86. The lowest BCUT2D eigenvalue weighted by molar-refractivity contribution is 0.572. The molecule has 0 saturated carbocycles. The highest BCUT2D eigenvalue weighted by atomic mass is 32.2. The molecular formula is C10H15N3O2S. The van der Waals surface area contributed by atoms with Crippen molar-refractivity contribution in [2.75, 3.05) is 13.1 Å². The lowest BCUT2D eigenvalue weighted by Gasteiger charge is -2.09. The Kier molecular flexibility index (Phi) is 2.94. The zero-order chi connectivity index (χ0) is 11.8. The molecule has 1 unspecified atom stereocenters. The van der Waals surface area contributed by atoms with Gasteiger partial charge in [-0.15, -0.1) is 0 Å². The van der Waals surface area contributed by atoms with Gasteiger partial charge in [-0.05, 0) is 32.9 Å². The van der Waals surface area contributed by atoms with E-state index in [0.717, 1.165) is 6.54 Å². The molecule has 0 spiro atoms. The van der Waals surface area contributed by atoms with Crippen molar-refractivity contribution < 1.29 is 8.42 Å². The van der Waals surface area contributed by atoms with Crippen LogP contribution in [0.25, 0.3) is 0 Å². The first-order valence-corrected chi connectivity index (χ1v) is 6.81. The number of aryl methyl sites for hydroxylation is 2. The molecule has 1 aliphatic rings. The summed E-state index contributed by atoms with van der Waals surface area (Å²) < 4.78 is 24.3. The second kappa shape index (κ2) is 4.10. The minimum absolute atomic E-state index is 0.0290. The van der Waals surface area contributed by atoms with E-state index >= 15 is 0 Å². The SMILES string of the molecule is Cc1cc(C)nc(S(=O)(=O)C2CCNC2)n1. The smallest absolute Gasteiger partial charge is 0.247 e. The summed E-state index contributed by atoms with van der Waals surface area (Å²) >= 11 is 0. The van der Waals surface area contributed by atoms with E-state index in [1.165, 1.54) is 0 Å². The molecular weight excluding hydrogens is 226 g/mol. The van der Waals surface area contributed by atoms with Crippen molar-refractivity contribution in [1.82, 2.24) is 15.3 Å². The minimum Gasteiger partial charge on any atom is -0.315 e. The third-order valence-electron chi connectivity index (χ3n) is 2.67. The fraction of sp³-hybridized carbons (Fsp3) is 0.600. The molecule has 2 rings (SSSR count). The van der Waals surface area contributed by atoms with E-state index in [1.54, 1.807) is 19.9 Å². The van der Waals surface area contributed by atoms with Gasteiger partial charge in [0.15, 0.2) is 0 Å². The van der Waals surface area contributed by atoms with Gasteiger partial charge in [0.1, 0.15) is 0 Å². The van der Waals surface area contributed by atoms with Gasteiger partial charge in [-0.3, -0.25) is 0 Å². The van der Waals surface area contributed by atoms with Crippen molar-refractivity contribution in [2.45, 2.75) is 30.7 Å². The third kappa shape index (κ3) is 2.08. The monoisotopic (exact) mass is 241 g/mol. The molecule has 1 atom stereocenters. The number of nitrogens with one attached hydrogen (secondary N) is 1. The van der Waals surface area contributed by atoms with E-state index < -0.39 is 9.84 Å².